The summed E-state index contributed by atoms with van der Waals surface area (Å²) in [5.74, 6) is 1.17. The van der Waals surface area contributed by atoms with Crippen LogP contribution in [0.1, 0.15) is 5.56 Å². The molecule has 2 heterocycles. The molecule has 158 valence electrons. The minimum absolute atomic E-state index is 0.926. The first kappa shape index (κ1) is 18.5. The van der Waals surface area contributed by atoms with Gasteiger partial charge in [-0.05, 0) is 70.4 Å². The van der Waals surface area contributed by atoms with Gasteiger partial charge in [0.15, 0.2) is 11.0 Å². The summed E-state index contributed by atoms with van der Waals surface area (Å²) in [6.45, 7) is 2.19. The molecule has 5 aromatic carbocycles. The van der Waals surface area contributed by atoms with E-state index in [9.17, 15) is 0 Å². The Bertz CT molecular complexity index is 1860. The summed E-state index contributed by atoms with van der Waals surface area (Å²) in [5, 5.41) is 7.33. The highest BCUT2D eigenvalue weighted by atomic mass is 16.3. The van der Waals surface area contributed by atoms with Gasteiger partial charge < -0.3 is 4.42 Å². The summed E-state index contributed by atoms with van der Waals surface area (Å²) in [6, 6.07) is 30.5. The number of hydrogen-bond acceptors (Lipinski definition) is 1. The van der Waals surface area contributed by atoms with Crippen molar-refractivity contribution in [1.29, 1.82) is 0 Å². The second-order valence-electron chi connectivity index (χ2n) is 9.05. The third kappa shape index (κ3) is 2.48. The van der Waals surface area contributed by atoms with Crippen LogP contribution in [0, 0.1) is 6.92 Å². The first-order chi connectivity index (χ1) is 16.1. The molecule has 0 N–H and O–H groups in total. The lowest BCUT2D eigenvalue weighted by Crippen LogP contribution is -2.30. The third-order valence-corrected chi connectivity index (χ3v) is 7.16. The molecular weight excluding hydrogens is 404 g/mol. The molecule has 0 atom stereocenters. The average Bonchev–Trinajstić information content (AvgIpc) is 3.31. The molecule has 0 unspecified atom stereocenters. The van der Waals surface area contributed by atoms with Crippen LogP contribution in [0.4, 0.5) is 0 Å². The molecule has 0 aliphatic carbocycles. The summed E-state index contributed by atoms with van der Waals surface area (Å²) in [5.41, 5.74) is 6.74. The van der Waals surface area contributed by atoms with Crippen LogP contribution < -0.4 is 4.57 Å². The molecule has 3 heteroatoms. The molecule has 3 nitrogen and oxygen atoms in total. The third-order valence-electron chi connectivity index (χ3n) is 7.16. The van der Waals surface area contributed by atoms with Crippen molar-refractivity contribution < 1.29 is 8.98 Å². The number of fused-ring (bicyclic) bond motifs is 7. The van der Waals surface area contributed by atoms with Gasteiger partial charge in [0.05, 0.1) is 19.7 Å². The molecule has 0 aliphatic heterocycles. The number of aromatic nitrogens is 2. The van der Waals surface area contributed by atoms with E-state index in [1.165, 1.54) is 60.3 Å². The maximum atomic E-state index is 6.46. The predicted molar refractivity (Wildman–Crippen MR) is 137 cm³/mol. The van der Waals surface area contributed by atoms with E-state index >= 15 is 0 Å². The van der Waals surface area contributed by atoms with Crippen LogP contribution >= 0.6 is 0 Å². The number of para-hydroxylation sites is 2. The maximum absolute atomic E-state index is 6.46. The van der Waals surface area contributed by atoms with Gasteiger partial charge in [-0.15, -0.1) is 0 Å². The van der Waals surface area contributed by atoms with Gasteiger partial charge in [-0.1, -0.05) is 48.5 Å². The Labute approximate surface area is 191 Å². The zero-order chi connectivity index (χ0) is 22.3. The van der Waals surface area contributed by atoms with E-state index in [-0.39, 0.29) is 0 Å². The highest BCUT2D eigenvalue weighted by Gasteiger charge is 2.24. The van der Waals surface area contributed by atoms with Gasteiger partial charge in [-0.3, -0.25) is 0 Å². The monoisotopic (exact) mass is 427 g/mol. The Morgan fingerprint density at radius 2 is 1.42 bits per heavy atom. The molecule has 0 fully saturated rings. The minimum Gasteiger partial charge on any atom is -0.456 e. The fraction of sp³-hybridized carbons (Fsp3) is 0.100. The van der Waals surface area contributed by atoms with E-state index in [1.807, 2.05) is 0 Å². The van der Waals surface area contributed by atoms with Crippen molar-refractivity contribution in [3.8, 4) is 11.4 Å². The number of nitrogens with zero attached hydrogens (tertiary/aromatic N) is 2. The van der Waals surface area contributed by atoms with E-state index in [2.05, 4.69) is 115 Å². The van der Waals surface area contributed by atoms with E-state index in [4.69, 9.17) is 4.42 Å². The van der Waals surface area contributed by atoms with Gasteiger partial charge >= 0.3 is 0 Å². The van der Waals surface area contributed by atoms with E-state index in [0.717, 1.165) is 11.2 Å². The average molecular weight is 428 g/mol. The molecule has 2 aromatic heterocycles. The Morgan fingerprint density at radius 3 is 2.30 bits per heavy atom. The lowest BCUT2D eigenvalue weighted by Gasteiger charge is -2.05. The van der Waals surface area contributed by atoms with Gasteiger partial charge in [-0.25, -0.2) is 9.13 Å². The van der Waals surface area contributed by atoms with Gasteiger partial charge in [0.25, 0.3) is 5.82 Å². The maximum Gasteiger partial charge on any atom is 0.289 e. The van der Waals surface area contributed by atoms with Crippen LogP contribution in [0.15, 0.2) is 89.3 Å². The van der Waals surface area contributed by atoms with Gasteiger partial charge in [0, 0.05) is 10.8 Å². The molecule has 0 bridgehead atoms. The zero-order valence-electron chi connectivity index (χ0n) is 18.9. The van der Waals surface area contributed by atoms with Crippen molar-refractivity contribution in [2.45, 2.75) is 6.92 Å². The zero-order valence-corrected chi connectivity index (χ0v) is 18.9. The number of aryl methyl sites for hydroxylation is 3. The summed E-state index contributed by atoms with van der Waals surface area (Å²) >= 11 is 0. The molecule has 33 heavy (non-hydrogen) atoms. The molecule has 0 saturated carbocycles. The number of benzene rings is 5. The van der Waals surface area contributed by atoms with Crippen molar-refractivity contribution in [3.05, 3.63) is 90.5 Å². The molecule has 0 amide bonds. The standard InChI is InChI=1S/C30H23N2O/c1-18-14-24-25-15-20-13-12-19-8-4-5-9-21(19)23(20)17-29(25)33-28(24)16-22(18)30-31(2)26-10-6-7-11-27(26)32(30)3/h4-17H,1-3H3/q+1. The van der Waals surface area contributed by atoms with Crippen LogP contribution in [0.3, 0.4) is 0 Å². The molecule has 0 spiro atoms. The van der Waals surface area contributed by atoms with Crippen molar-refractivity contribution in [1.82, 2.24) is 4.57 Å². The van der Waals surface area contributed by atoms with Crippen molar-refractivity contribution in [2.24, 2.45) is 14.1 Å². The topological polar surface area (TPSA) is 21.9 Å². The van der Waals surface area contributed by atoms with Gasteiger partial charge in [0.2, 0.25) is 0 Å². The predicted octanol–water partition coefficient (Wildman–Crippen LogP) is 7.18. The molecule has 7 rings (SSSR count). The Balaban J connectivity index is 1.53. The molecule has 0 radical (unpaired) electrons. The van der Waals surface area contributed by atoms with Crippen molar-refractivity contribution in [3.63, 3.8) is 0 Å². The number of imidazole rings is 1. The lowest BCUT2D eigenvalue weighted by atomic mass is 9.99. The summed E-state index contributed by atoms with van der Waals surface area (Å²) in [6.07, 6.45) is 0. The second-order valence-corrected chi connectivity index (χ2v) is 9.05. The Kier molecular flexibility index (Phi) is 3.61. The highest BCUT2D eigenvalue weighted by molar-refractivity contribution is 6.16. The van der Waals surface area contributed by atoms with E-state index < -0.39 is 0 Å². The van der Waals surface area contributed by atoms with Gasteiger partial charge in [-0.2, -0.15) is 0 Å². The number of hydrogen-bond donors (Lipinski definition) is 0. The summed E-state index contributed by atoms with van der Waals surface area (Å²) in [7, 11) is 4.27. The highest BCUT2D eigenvalue weighted by Crippen LogP contribution is 2.37. The Morgan fingerprint density at radius 1 is 0.697 bits per heavy atom. The van der Waals surface area contributed by atoms with E-state index in [1.54, 1.807) is 0 Å². The van der Waals surface area contributed by atoms with Crippen LogP contribution in [-0.2, 0) is 14.1 Å². The Hall–Kier alpha value is -4.11. The van der Waals surface area contributed by atoms with Crippen molar-refractivity contribution >= 4 is 54.5 Å². The number of rotatable bonds is 1. The SMILES string of the molecule is Cc1cc2c(cc1-c1n(C)c3ccccc3[n+]1C)oc1cc3c(ccc4ccccc43)cc12. The first-order valence-corrected chi connectivity index (χ1v) is 11.3. The quantitative estimate of drug-likeness (QED) is 0.201. The lowest BCUT2D eigenvalue weighted by molar-refractivity contribution is -0.634. The molecular formula is C30H23N2O+. The first-order valence-electron chi connectivity index (χ1n) is 11.3. The number of furan rings is 1. The minimum atomic E-state index is 0.926. The fourth-order valence-corrected chi connectivity index (χ4v) is 5.52. The van der Waals surface area contributed by atoms with Crippen LogP contribution in [0.2, 0.25) is 0 Å². The largest absolute Gasteiger partial charge is 0.456 e. The molecule has 7 aromatic rings. The van der Waals surface area contributed by atoms with Crippen LogP contribution in [-0.4, -0.2) is 4.57 Å². The normalized spacial score (nSPS) is 12.1. The second kappa shape index (κ2) is 6.46. The van der Waals surface area contributed by atoms with E-state index in [0.29, 0.717) is 0 Å². The van der Waals surface area contributed by atoms with Crippen LogP contribution in [0.5, 0.6) is 0 Å². The molecule has 0 saturated heterocycles. The van der Waals surface area contributed by atoms with Crippen molar-refractivity contribution in [2.75, 3.05) is 0 Å². The van der Waals surface area contributed by atoms with Crippen LogP contribution in [0.25, 0.3) is 65.9 Å². The van der Waals surface area contributed by atoms with Gasteiger partial charge in [0.1, 0.15) is 11.2 Å². The molecule has 0 aliphatic rings. The summed E-state index contributed by atoms with van der Waals surface area (Å²) < 4.78 is 11.0. The summed E-state index contributed by atoms with van der Waals surface area (Å²) in [4.78, 5) is 0. The smallest absolute Gasteiger partial charge is 0.289 e. The fourth-order valence-electron chi connectivity index (χ4n) is 5.52.